The minimum Gasteiger partial charge on any atom is -0.293 e. The Balaban J connectivity index is 2.37. The van der Waals surface area contributed by atoms with Crippen molar-refractivity contribution in [2.24, 2.45) is 0 Å². The van der Waals surface area contributed by atoms with Crippen molar-refractivity contribution in [1.82, 2.24) is 0 Å². The lowest BCUT2D eigenvalue weighted by atomic mass is 10.0. The van der Waals surface area contributed by atoms with Crippen molar-refractivity contribution >= 4 is 44.9 Å². The van der Waals surface area contributed by atoms with Crippen LogP contribution < -0.4 is 0 Å². The molecule has 0 fully saturated rings. The predicted molar refractivity (Wildman–Crippen MR) is 80.0 cm³/mol. The summed E-state index contributed by atoms with van der Waals surface area (Å²) in [4.78, 5) is 11.5. The second-order valence-corrected chi connectivity index (χ2v) is 5.23. The fourth-order valence-electron chi connectivity index (χ4n) is 1.65. The van der Waals surface area contributed by atoms with Crippen LogP contribution in [-0.4, -0.2) is 11.1 Å². The van der Waals surface area contributed by atoms with Gasteiger partial charge in [0.15, 0.2) is 5.78 Å². The van der Waals surface area contributed by atoms with Gasteiger partial charge in [0.1, 0.15) is 0 Å². The molecule has 0 unspecified atom stereocenters. The van der Waals surface area contributed by atoms with E-state index in [1.165, 1.54) is 0 Å². The number of halogens is 3. The van der Waals surface area contributed by atoms with E-state index in [-0.39, 0.29) is 5.78 Å². The number of carbonyl (C=O) groups excluding carboxylic acids is 1. The molecule has 0 saturated heterocycles. The van der Waals surface area contributed by atoms with Gasteiger partial charge < -0.3 is 0 Å². The molecule has 1 nitrogen and oxygen atoms in total. The van der Waals surface area contributed by atoms with E-state index < -0.39 is 0 Å². The van der Waals surface area contributed by atoms with Crippen LogP contribution in [0.1, 0.15) is 10.4 Å². The van der Waals surface area contributed by atoms with Crippen molar-refractivity contribution in [2.75, 3.05) is 5.33 Å². The van der Waals surface area contributed by atoms with E-state index in [1.54, 1.807) is 18.2 Å². The molecule has 2 rings (SSSR count). The lowest BCUT2D eigenvalue weighted by Crippen LogP contribution is -1.98. The van der Waals surface area contributed by atoms with Crippen LogP contribution in [0.4, 0.5) is 0 Å². The van der Waals surface area contributed by atoms with Gasteiger partial charge in [0, 0.05) is 15.6 Å². The van der Waals surface area contributed by atoms with E-state index in [9.17, 15) is 4.79 Å². The molecule has 0 atom stereocenters. The summed E-state index contributed by atoms with van der Waals surface area (Å²) < 4.78 is 0. The molecule has 4 heteroatoms. The van der Waals surface area contributed by atoms with Gasteiger partial charge in [0.2, 0.25) is 0 Å². The van der Waals surface area contributed by atoms with Crippen molar-refractivity contribution in [2.45, 2.75) is 0 Å². The summed E-state index contributed by atoms with van der Waals surface area (Å²) in [5, 5.41) is 1.52. The fraction of sp³-hybridized carbons (Fsp3) is 0.0714. The lowest BCUT2D eigenvalue weighted by molar-refractivity contribution is 0.102. The van der Waals surface area contributed by atoms with Crippen LogP contribution in [0, 0.1) is 0 Å². The van der Waals surface area contributed by atoms with Crippen LogP contribution in [0.25, 0.3) is 11.1 Å². The Morgan fingerprint density at radius 2 is 1.50 bits per heavy atom. The van der Waals surface area contributed by atoms with Crippen molar-refractivity contribution < 1.29 is 4.79 Å². The van der Waals surface area contributed by atoms with Gasteiger partial charge >= 0.3 is 0 Å². The number of ketones is 1. The molecule has 0 radical (unpaired) electrons. The molecule has 0 spiro atoms. The van der Waals surface area contributed by atoms with Gasteiger partial charge in [-0.15, -0.1) is 0 Å². The summed E-state index contributed by atoms with van der Waals surface area (Å²) in [7, 11) is 0. The third-order valence-electron chi connectivity index (χ3n) is 2.52. The first-order valence-electron chi connectivity index (χ1n) is 5.26. The maximum absolute atomic E-state index is 11.5. The molecule has 2 aromatic rings. The molecule has 0 aliphatic heterocycles. The molecule has 0 aliphatic rings. The highest BCUT2D eigenvalue weighted by molar-refractivity contribution is 9.09. The van der Waals surface area contributed by atoms with Gasteiger partial charge in [0.25, 0.3) is 0 Å². The van der Waals surface area contributed by atoms with Crippen LogP contribution >= 0.6 is 39.1 Å². The van der Waals surface area contributed by atoms with Crippen molar-refractivity contribution in [3.05, 3.63) is 58.1 Å². The summed E-state index contributed by atoms with van der Waals surface area (Å²) in [6.07, 6.45) is 0. The number of Topliss-reactive ketones (excluding diaryl/α,β-unsaturated/α-hetero) is 1. The maximum Gasteiger partial charge on any atom is 0.173 e. The summed E-state index contributed by atoms with van der Waals surface area (Å²) >= 11 is 15.1. The normalized spacial score (nSPS) is 10.4. The fourth-order valence-corrected chi connectivity index (χ4v) is 2.50. The zero-order valence-electron chi connectivity index (χ0n) is 9.29. The zero-order chi connectivity index (χ0) is 13.1. The number of benzene rings is 2. The second-order valence-electron chi connectivity index (χ2n) is 3.79. The third-order valence-corrected chi connectivity index (χ3v) is 3.47. The number of hydrogen-bond donors (Lipinski definition) is 0. The molecule has 0 heterocycles. The summed E-state index contributed by atoms with van der Waals surface area (Å²) in [5.41, 5.74) is 2.60. The number of hydrogen-bond acceptors (Lipinski definition) is 1. The quantitative estimate of drug-likeness (QED) is 0.550. The molecule has 18 heavy (non-hydrogen) atoms. The monoisotopic (exact) mass is 342 g/mol. The zero-order valence-corrected chi connectivity index (χ0v) is 12.4. The average Bonchev–Trinajstić information content (AvgIpc) is 2.37. The van der Waals surface area contributed by atoms with Crippen LogP contribution in [-0.2, 0) is 0 Å². The highest BCUT2D eigenvalue weighted by atomic mass is 79.9. The molecule has 0 aromatic heterocycles. The van der Waals surface area contributed by atoms with E-state index in [1.807, 2.05) is 24.3 Å². The van der Waals surface area contributed by atoms with Crippen LogP contribution in [0.3, 0.4) is 0 Å². The van der Waals surface area contributed by atoms with Gasteiger partial charge in [-0.25, -0.2) is 0 Å². The minimum absolute atomic E-state index is 0.0608. The molecule has 0 saturated carbocycles. The van der Waals surface area contributed by atoms with Gasteiger partial charge in [-0.05, 0) is 29.3 Å². The highest BCUT2D eigenvalue weighted by Crippen LogP contribution is 2.27. The maximum atomic E-state index is 11.5. The third kappa shape index (κ3) is 3.14. The number of carbonyl (C=O) groups is 1. The van der Waals surface area contributed by atoms with Gasteiger partial charge in [-0.2, -0.15) is 0 Å². The first-order valence-corrected chi connectivity index (χ1v) is 7.13. The van der Waals surface area contributed by atoms with Crippen LogP contribution in [0.15, 0.2) is 42.5 Å². The molecule has 0 aliphatic carbocycles. The SMILES string of the molecule is O=C(CBr)c1ccc(-c2cc(Cl)cc(Cl)c2)cc1. The Labute approximate surface area is 124 Å². The Hall–Kier alpha value is -0.830. The molecule has 0 amide bonds. The molecule has 2 aromatic carbocycles. The van der Waals surface area contributed by atoms with E-state index in [4.69, 9.17) is 23.2 Å². The summed E-state index contributed by atoms with van der Waals surface area (Å²) in [6, 6.07) is 12.7. The Morgan fingerprint density at radius 1 is 0.944 bits per heavy atom. The van der Waals surface area contributed by atoms with E-state index >= 15 is 0 Å². The molecular weight excluding hydrogens is 335 g/mol. The van der Waals surface area contributed by atoms with Crippen LogP contribution in [0.2, 0.25) is 10.0 Å². The second kappa shape index (κ2) is 5.87. The van der Waals surface area contributed by atoms with E-state index in [2.05, 4.69) is 15.9 Å². The lowest BCUT2D eigenvalue weighted by Gasteiger charge is -2.04. The first kappa shape index (κ1) is 13.6. The Bertz CT molecular complexity index is 559. The van der Waals surface area contributed by atoms with Gasteiger partial charge in [-0.3, -0.25) is 4.79 Å². The molecular formula is C14H9BrCl2O. The Kier molecular flexibility index (Phi) is 4.44. The molecule has 0 N–H and O–H groups in total. The van der Waals surface area contributed by atoms with Crippen molar-refractivity contribution in [1.29, 1.82) is 0 Å². The predicted octanol–water partition coefficient (Wildman–Crippen LogP) is 5.24. The van der Waals surface area contributed by atoms with Gasteiger partial charge in [0.05, 0.1) is 5.33 Å². The molecule has 0 bridgehead atoms. The average molecular weight is 344 g/mol. The van der Waals surface area contributed by atoms with Gasteiger partial charge in [-0.1, -0.05) is 63.4 Å². The Morgan fingerprint density at radius 3 is 2.00 bits per heavy atom. The molecule has 92 valence electrons. The number of alkyl halides is 1. The standard InChI is InChI=1S/C14H9BrCl2O/c15-8-14(18)10-3-1-9(2-4-10)11-5-12(16)7-13(17)6-11/h1-7H,8H2. The van der Waals surface area contributed by atoms with Crippen molar-refractivity contribution in [3.63, 3.8) is 0 Å². The minimum atomic E-state index is 0.0608. The van der Waals surface area contributed by atoms with E-state index in [0.717, 1.165) is 11.1 Å². The van der Waals surface area contributed by atoms with Crippen molar-refractivity contribution in [3.8, 4) is 11.1 Å². The summed E-state index contributed by atoms with van der Waals surface area (Å²) in [5.74, 6) is 0.0608. The highest BCUT2D eigenvalue weighted by Gasteiger charge is 2.05. The topological polar surface area (TPSA) is 17.1 Å². The summed E-state index contributed by atoms with van der Waals surface area (Å²) in [6.45, 7) is 0. The largest absolute Gasteiger partial charge is 0.293 e. The smallest absolute Gasteiger partial charge is 0.173 e. The first-order chi connectivity index (χ1) is 8.60. The van der Waals surface area contributed by atoms with Crippen LogP contribution in [0.5, 0.6) is 0 Å². The van der Waals surface area contributed by atoms with E-state index in [0.29, 0.717) is 20.9 Å². The number of rotatable bonds is 3.